The minimum absolute atomic E-state index is 0.268. The number of aryl methyl sites for hydroxylation is 1. The number of rotatable bonds is 4. The van der Waals surface area contributed by atoms with Crippen LogP contribution in [0.15, 0.2) is 34.7 Å². The highest BCUT2D eigenvalue weighted by molar-refractivity contribution is 5.73. The Hall–Kier alpha value is -2.14. The average Bonchev–Trinajstić information content (AvgIpc) is 2.96. The molecule has 23 heavy (non-hydrogen) atoms. The Morgan fingerprint density at radius 2 is 2.17 bits per heavy atom. The number of benzene rings is 1. The SMILES string of the molecule is Cc1cc(F)ccc1-c1ccc(CN2CCCCC2C(=O)O)o1. The van der Waals surface area contributed by atoms with Gasteiger partial charge in [-0.3, -0.25) is 9.69 Å². The number of furan rings is 1. The van der Waals surface area contributed by atoms with E-state index < -0.39 is 12.0 Å². The lowest BCUT2D eigenvalue weighted by Gasteiger charge is -2.32. The molecular weight excluding hydrogens is 297 g/mol. The summed E-state index contributed by atoms with van der Waals surface area (Å²) in [6.07, 6.45) is 2.64. The van der Waals surface area contributed by atoms with Crippen molar-refractivity contribution < 1.29 is 18.7 Å². The molecule has 3 rings (SSSR count). The number of aliphatic carboxylic acids is 1. The smallest absolute Gasteiger partial charge is 0.320 e. The zero-order valence-corrected chi connectivity index (χ0v) is 13.1. The van der Waals surface area contributed by atoms with Crippen LogP contribution in [0, 0.1) is 12.7 Å². The fourth-order valence-corrected chi connectivity index (χ4v) is 3.17. The molecule has 0 aliphatic carbocycles. The molecule has 2 heterocycles. The van der Waals surface area contributed by atoms with Gasteiger partial charge < -0.3 is 9.52 Å². The lowest BCUT2D eigenvalue weighted by Crippen LogP contribution is -2.43. The van der Waals surface area contributed by atoms with Crippen molar-refractivity contribution in [2.24, 2.45) is 0 Å². The maximum atomic E-state index is 13.2. The molecule has 1 fully saturated rings. The summed E-state index contributed by atoms with van der Waals surface area (Å²) in [7, 11) is 0. The van der Waals surface area contributed by atoms with Crippen LogP contribution in [0.25, 0.3) is 11.3 Å². The Kier molecular flexibility index (Phi) is 4.48. The molecule has 0 spiro atoms. The Labute approximate surface area is 134 Å². The third-order valence-corrected chi connectivity index (χ3v) is 4.37. The van der Waals surface area contributed by atoms with Crippen LogP contribution < -0.4 is 0 Å². The lowest BCUT2D eigenvalue weighted by molar-refractivity contribution is -0.144. The van der Waals surface area contributed by atoms with E-state index in [1.807, 2.05) is 24.0 Å². The van der Waals surface area contributed by atoms with E-state index in [-0.39, 0.29) is 5.82 Å². The van der Waals surface area contributed by atoms with Gasteiger partial charge in [-0.25, -0.2) is 4.39 Å². The van der Waals surface area contributed by atoms with Gasteiger partial charge in [0.2, 0.25) is 0 Å². The summed E-state index contributed by atoms with van der Waals surface area (Å²) in [5, 5.41) is 9.32. The van der Waals surface area contributed by atoms with Crippen LogP contribution >= 0.6 is 0 Å². The van der Waals surface area contributed by atoms with Crippen LogP contribution in [0.3, 0.4) is 0 Å². The standard InChI is InChI=1S/C18H20FNO3/c1-12-10-13(19)5-7-15(12)17-8-6-14(23-17)11-20-9-3-2-4-16(20)18(21)22/h5-8,10,16H,2-4,9,11H2,1H3,(H,21,22). The molecule has 1 aromatic carbocycles. The molecule has 1 aromatic heterocycles. The van der Waals surface area contributed by atoms with E-state index in [2.05, 4.69) is 0 Å². The zero-order valence-electron chi connectivity index (χ0n) is 13.1. The van der Waals surface area contributed by atoms with Crippen molar-refractivity contribution in [3.05, 3.63) is 47.5 Å². The third-order valence-electron chi connectivity index (χ3n) is 4.37. The van der Waals surface area contributed by atoms with Crippen LogP contribution in [-0.2, 0) is 11.3 Å². The largest absolute Gasteiger partial charge is 0.480 e. The molecule has 1 saturated heterocycles. The molecule has 1 aliphatic rings. The molecule has 2 aromatic rings. The second-order valence-corrected chi connectivity index (χ2v) is 6.05. The highest BCUT2D eigenvalue weighted by atomic mass is 19.1. The monoisotopic (exact) mass is 317 g/mol. The van der Waals surface area contributed by atoms with Gasteiger partial charge in [0.25, 0.3) is 0 Å². The maximum absolute atomic E-state index is 13.2. The van der Waals surface area contributed by atoms with Gasteiger partial charge in [0.05, 0.1) is 6.54 Å². The second kappa shape index (κ2) is 6.54. The van der Waals surface area contributed by atoms with Gasteiger partial charge >= 0.3 is 5.97 Å². The summed E-state index contributed by atoms with van der Waals surface area (Å²) >= 11 is 0. The Morgan fingerprint density at radius 1 is 1.35 bits per heavy atom. The third kappa shape index (κ3) is 3.45. The van der Waals surface area contributed by atoms with E-state index in [1.165, 1.54) is 12.1 Å². The first-order valence-corrected chi connectivity index (χ1v) is 7.86. The van der Waals surface area contributed by atoms with Crippen molar-refractivity contribution in [3.63, 3.8) is 0 Å². The van der Waals surface area contributed by atoms with E-state index in [9.17, 15) is 14.3 Å². The molecule has 1 aliphatic heterocycles. The number of hydrogen-bond donors (Lipinski definition) is 1. The number of carboxylic acids is 1. The number of piperidine rings is 1. The van der Waals surface area contributed by atoms with Crippen LogP contribution in [-0.4, -0.2) is 28.6 Å². The summed E-state index contributed by atoms with van der Waals surface area (Å²) in [5.41, 5.74) is 1.67. The molecule has 5 heteroatoms. The average molecular weight is 317 g/mol. The van der Waals surface area contributed by atoms with Crippen LogP contribution in [0.2, 0.25) is 0 Å². The summed E-state index contributed by atoms with van der Waals surface area (Å²) in [4.78, 5) is 13.3. The molecule has 1 unspecified atom stereocenters. The number of halogens is 1. The highest BCUT2D eigenvalue weighted by Gasteiger charge is 2.28. The van der Waals surface area contributed by atoms with Crippen molar-refractivity contribution in [1.82, 2.24) is 4.90 Å². The minimum atomic E-state index is -0.772. The van der Waals surface area contributed by atoms with E-state index in [1.54, 1.807) is 6.07 Å². The Morgan fingerprint density at radius 3 is 2.91 bits per heavy atom. The van der Waals surface area contributed by atoms with Gasteiger partial charge in [-0.1, -0.05) is 6.42 Å². The predicted octanol–water partition coefficient (Wildman–Crippen LogP) is 3.83. The number of carboxylic acid groups (broad SMARTS) is 1. The number of likely N-dealkylation sites (tertiary alicyclic amines) is 1. The summed E-state index contributed by atoms with van der Waals surface area (Å²) in [6.45, 7) is 3.09. The highest BCUT2D eigenvalue weighted by Crippen LogP contribution is 2.28. The van der Waals surface area contributed by atoms with E-state index in [4.69, 9.17) is 4.42 Å². The second-order valence-electron chi connectivity index (χ2n) is 6.05. The molecule has 1 N–H and O–H groups in total. The fourth-order valence-electron chi connectivity index (χ4n) is 3.17. The molecule has 122 valence electrons. The number of carbonyl (C=O) groups is 1. The van der Waals surface area contributed by atoms with Crippen LogP contribution in [0.5, 0.6) is 0 Å². The topological polar surface area (TPSA) is 53.7 Å². The first kappa shape index (κ1) is 15.7. The molecule has 1 atom stereocenters. The van der Waals surface area contributed by atoms with Crippen molar-refractivity contribution in [1.29, 1.82) is 0 Å². The summed E-state index contributed by atoms with van der Waals surface area (Å²) in [5.74, 6) is 0.375. The van der Waals surface area contributed by atoms with Crippen molar-refractivity contribution in [2.45, 2.75) is 38.8 Å². The normalized spacial score (nSPS) is 19.0. The number of nitrogens with zero attached hydrogens (tertiary/aromatic N) is 1. The first-order valence-electron chi connectivity index (χ1n) is 7.86. The van der Waals surface area contributed by atoms with Gasteiger partial charge in [0.1, 0.15) is 23.4 Å². The van der Waals surface area contributed by atoms with Gasteiger partial charge in [-0.05, 0) is 62.2 Å². The van der Waals surface area contributed by atoms with E-state index in [0.717, 1.165) is 36.3 Å². The van der Waals surface area contributed by atoms with Crippen molar-refractivity contribution >= 4 is 5.97 Å². The number of hydrogen-bond acceptors (Lipinski definition) is 3. The van der Waals surface area contributed by atoms with Gasteiger partial charge in [-0.15, -0.1) is 0 Å². The first-order chi connectivity index (χ1) is 11.0. The van der Waals surface area contributed by atoms with Crippen molar-refractivity contribution in [3.8, 4) is 11.3 Å². The zero-order chi connectivity index (χ0) is 16.4. The Balaban J connectivity index is 1.77. The quantitative estimate of drug-likeness (QED) is 0.931. The molecule has 0 amide bonds. The van der Waals surface area contributed by atoms with E-state index >= 15 is 0 Å². The van der Waals surface area contributed by atoms with Gasteiger partial charge in [0.15, 0.2) is 0 Å². The Bertz CT molecular complexity index is 710. The lowest BCUT2D eigenvalue weighted by atomic mass is 10.0. The minimum Gasteiger partial charge on any atom is -0.480 e. The van der Waals surface area contributed by atoms with Crippen LogP contribution in [0.1, 0.15) is 30.6 Å². The predicted molar refractivity (Wildman–Crippen MR) is 84.5 cm³/mol. The molecule has 0 saturated carbocycles. The molecule has 0 radical (unpaired) electrons. The molecule has 0 bridgehead atoms. The van der Waals surface area contributed by atoms with E-state index in [0.29, 0.717) is 18.7 Å². The van der Waals surface area contributed by atoms with Crippen LogP contribution in [0.4, 0.5) is 4.39 Å². The summed E-state index contributed by atoms with van der Waals surface area (Å²) in [6, 6.07) is 7.87. The van der Waals surface area contributed by atoms with Crippen molar-refractivity contribution in [2.75, 3.05) is 6.54 Å². The van der Waals surface area contributed by atoms with Gasteiger partial charge in [-0.2, -0.15) is 0 Å². The summed E-state index contributed by atoms with van der Waals surface area (Å²) < 4.78 is 19.1. The molecular formula is C18H20FNO3. The molecule has 4 nitrogen and oxygen atoms in total. The van der Waals surface area contributed by atoms with Gasteiger partial charge in [0, 0.05) is 5.56 Å². The maximum Gasteiger partial charge on any atom is 0.320 e. The fraction of sp³-hybridized carbons (Fsp3) is 0.389.